The van der Waals surface area contributed by atoms with Crippen molar-refractivity contribution in [2.75, 3.05) is 26.3 Å². The van der Waals surface area contributed by atoms with Crippen molar-refractivity contribution in [3.63, 3.8) is 0 Å². The Hall–Kier alpha value is -1.81. The zero-order chi connectivity index (χ0) is 16.3. The van der Waals surface area contributed by atoms with E-state index in [1.54, 1.807) is 23.1 Å². The highest BCUT2D eigenvalue weighted by atomic mass is 32.2. The summed E-state index contributed by atoms with van der Waals surface area (Å²) in [5.74, 6) is 0. The van der Waals surface area contributed by atoms with Crippen LogP contribution in [0.1, 0.15) is 5.56 Å². The molecule has 0 aromatic carbocycles. The summed E-state index contributed by atoms with van der Waals surface area (Å²) in [6.07, 6.45) is 5.24. The number of pyridine rings is 1. The van der Waals surface area contributed by atoms with Crippen LogP contribution in [0.5, 0.6) is 0 Å². The standard InChI is InChI=1S/C14H19N5O3S/c1-18-11-13(9-16-18)14-12(3-2-4-15-14)10-17-23(20,21)19-5-7-22-8-6-19/h2-4,9,11,17H,5-8,10H2,1H3. The molecule has 2 aromatic rings. The second kappa shape index (κ2) is 6.75. The molecule has 1 N–H and O–H groups in total. The first-order valence-electron chi connectivity index (χ1n) is 7.32. The molecule has 0 atom stereocenters. The summed E-state index contributed by atoms with van der Waals surface area (Å²) in [6, 6.07) is 3.65. The Bertz CT molecular complexity index is 768. The largest absolute Gasteiger partial charge is 0.379 e. The quantitative estimate of drug-likeness (QED) is 0.839. The summed E-state index contributed by atoms with van der Waals surface area (Å²) >= 11 is 0. The van der Waals surface area contributed by atoms with Gasteiger partial charge in [0.25, 0.3) is 10.2 Å². The average molecular weight is 337 g/mol. The number of hydrogen-bond acceptors (Lipinski definition) is 5. The van der Waals surface area contributed by atoms with Crippen molar-refractivity contribution >= 4 is 10.2 Å². The summed E-state index contributed by atoms with van der Waals surface area (Å²) in [7, 11) is -1.69. The van der Waals surface area contributed by atoms with Crippen LogP contribution >= 0.6 is 0 Å². The summed E-state index contributed by atoms with van der Waals surface area (Å²) in [5.41, 5.74) is 2.39. The topological polar surface area (TPSA) is 89.4 Å². The second-order valence-corrected chi connectivity index (χ2v) is 7.01. The van der Waals surface area contributed by atoms with Crippen LogP contribution in [0.15, 0.2) is 30.7 Å². The van der Waals surface area contributed by atoms with E-state index in [1.807, 2.05) is 19.3 Å². The maximum Gasteiger partial charge on any atom is 0.279 e. The van der Waals surface area contributed by atoms with Gasteiger partial charge in [-0.05, 0) is 11.6 Å². The Balaban J connectivity index is 1.76. The van der Waals surface area contributed by atoms with Gasteiger partial charge in [0, 0.05) is 44.6 Å². The number of nitrogens with one attached hydrogen (secondary N) is 1. The molecule has 0 unspecified atom stereocenters. The van der Waals surface area contributed by atoms with E-state index in [9.17, 15) is 8.42 Å². The summed E-state index contributed by atoms with van der Waals surface area (Å²) < 4.78 is 35.6. The van der Waals surface area contributed by atoms with Crippen molar-refractivity contribution < 1.29 is 13.2 Å². The third-order valence-corrected chi connectivity index (χ3v) is 5.18. The Morgan fingerprint density at radius 3 is 2.83 bits per heavy atom. The van der Waals surface area contributed by atoms with Crippen molar-refractivity contribution in [2.24, 2.45) is 7.05 Å². The van der Waals surface area contributed by atoms with Gasteiger partial charge >= 0.3 is 0 Å². The van der Waals surface area contributed by atoms with E-state index < -0.39 is 10.2 Å². The van der Waals surface area contributed by atoms with Gasteiger partial charge < -0.3 is 4.74 Å². The molecule has 0 bridgehead atoms. The third kappa shape index (κ3) is 3.75. The number of morpholine rings is 1. The van der Waals surface area contributed by atoms with E-state index in [0.29, 0.717) is 26.3 Å². The fourth-order valence-electron chi connectivity index (χ4n) is 2.43. The van der Waals surface area contributed by atoms with Crippen LogP contribution in [0.4, 0.5) is 0 Å². The lowest BCUT2D eigenvalue weighted by molar-refractivity contribution is 0.0725. The molecule has 3 rings (SSSR count). The zero-order valence-corrected chi connectivity index (χ0v) is 13.7. The Labute approximate surface area is 135 Å². The van der Waals surface area contributed by atoms with Gasteiger partial charge in [-0.3, -0.25) is 9.67 Å². The number of rotatable bonds is 5. The van der Waals surface area contributed by atoms with Gasteiger partial charge in [0.15, 0.2) is 0 Å². The Kier molecular flexibility index (Phi) is 4.71. The minimum absolute atomic E-state index is 0.178. The van der Waals surface area contributed by atoms with Gasteiger partial charge in [-0.25, -0.2) is 0 Å². The molecule has 8 nitrogen and oxygen atoms in total. The average Bonchev–Trinajstić information content (AvgIpc) is 3.00. The molecular formula is C14H19N5O3S. The maximum atomic E-state index is 12.3. The molecule has 1 aliphatic rings. The summed E-state index contributed by atoms with van der Waals surface area (Å²) in [5, 5.41) is 4.13. The molecule has 0 saturated carbocycles. The lowest BCUT2D eigenvalue weighted by Gasteiger charge is -2.26. The minimum atomic E-state index is -3.52. The van der Waals surface area contributed by atoms with Crippen molar-refractivity contribution in [1.82, 2.24) is 23.8 Å². The number of aryl methyl sites for hydroxylation is 1. The van der Waals surface area contributed by atoms with Crippen molar-refractivity contribution in [3.05, 3.63) is 36.3 Å². The second-order valence-electron chi connectivity index (χ2n) is 5.25. The SMILES string of the molecule is Cn1cc(-c2ncccc2CNS(=O)(=O)N2CCOCC2)cn1. The van der Waals surface area contributed by atoms with Gasteiger partial charge in [-0.15, -0.1) is 0 Å². The van der Waals surface area contributed by atoms with E-state index >= 15 is 0 Å². The van der Waals surface area contributed by atoms with Gasteiger partial charge in [-0.1, -0.05) is 6.07 Å². The lowest BCUT2D eigenvalue weighted by atomic mass is 10.1. The Morgan fingerprint density at radius 2 is 2.13 bits per heavy atom. The van der Waals surface area contributed by atoms with Crippen LogP contribution in [-0.4, -0.2) is 53.8 Å². The molecule has 9 heteroatoms. The first-order chi connectivity index (χ1) is 11.1. The molecule has 23 heavy (non-hydrogen) atoms. The van der Waals surface area contributed by atoms with Gasteiger partial charge in [0.2, 0.25) is 0 Å². The highest BCUT2D eigenvalue weighted by molar-refractivity contribution is 7.87. The molecule has 0 aliphatic carbocycles. The molecule has 1 fully saturated rings. The molecule has 0 spiro atoms. The number of hydrogen-bond donors (Lipinski definition) is 1. The third-order valence-electron chi connectivity index (χ3n) is 3.62. The lowest BCUT2D eigenvalue weighted by Crippen LogP contribution is -2.46. The van der Waals surface area contributed by atoms with E-state index in [4.69, 9.17) is 4.74 Å². The maximum absolute atomic E-state index is 12.3. The van der Waals surface area contributed by atoms with Gasteiger partial charge in [0.05, 0.1) is 25.1 Å². The molecule has 124 valence electrons. The van der Waals surface area contributed by atoms with Crippen LogP contribution in [-0.2, 0) is 28.5 Å². The fourth-order valence-corrected chi connectivity index (χ4v) is 3.58. The van der Waals surface area contributed by atoms with Crippen molar-refractivity contribution in [3.8, 4) is 11.3 Å². The minimum Gasteiger partial charge on any atom is -0.379 e. The van der Waals surface area contributed by atoms with E-state index in [0.717, 1.165) is 16.8 Å². The fraction of sp³-hybridized carbons (Fsp3) is 0.429. The highest BCUT2D eigenvalue weighted by Gasteiger charge is 2.24. The molecule has 0 radical (unpaired) electrons. The van der Waals surface area contributed by atoms with Gasteiger partial charge in [-0.2, -0.15) is 22.5 Å². The van der Waals surface area contributed by atoms with Crippen molar-refractivity contribution in [2.45, 2.75) is 6.54 Å². The van der Waals surface area contributed by atoms with Crippen molar-refractivity contribution in [1.29, 1.82) is 0 Å². The monoisotopic (exact) mass is 337 g/mol. The van der Waals surface area contributed by atoms with E-state index in [1.165, 1.54) is 4.31 Å². The van der Waals surface area contributed by atoms with Crippen LogP contribution in [0, 0.1) is 0 Å². The summed E-state index contributed by atoms with van der Waals surface area (Å²) in [6.45, 7) is 1.77. The molecular weight excluding hydrogens is 318 g/mol. The number of ether oxygens (including phenoxy) is 1. The van der Waals surface area contributed by atoms with E-state index in [-0.39, 0.29) is 6.54 Å². The molecule has 1 aliphatic heterocycles. The molecule has 1 saturated heterocycles. The van der Waals surface area contributed by atoms with Crippen LogP contribution in [0.2, 0.25) is 0 Å². The molecule has 0 amide bonds. The van der Waals surface area contributed by atoms with Crippen LogP contribution < -0.4 is 4.72 Å². The zero-order valence-electron chi connectivity index (χ0n) is 12.8. The molecule has 2 aromatic heterocycles. The van der Waals surface area contributed by atoms with E-state index in [2.05, 4.69) is 14.8 Å². The first kappa shape index (κ1) is 16.1. The molecule has 3 heterocycles. The first-order valence-corrected chi connectivity index (χ1v) is 8.76. The predicted molar refractivity (Wildman–Crippen MR) is 84.6 cm³/mol. The van der Waals surface area contributed by atoms with Gasteiger partial charge in [0.1, 0.15) is 0 Å². The number of nitrogens with zero attached hydrogens (tertiary/aromatic N) is 4. The Morgan fingerprint density at radius 1 is 1.35 bits per heavy atom. The van der Waals surface area contributed by atoms with Crippen LogP contribution in [0.25, 0.3) is 11.3 Å². The number of aromatic nitrogens is 3. The predicted octanol–water partition coefficient (Wildman–Crippen LogP) is 0.149. The van der Waals surface area contributed by atoms with Crippen LogP contribution in [0.3, 0.4) is 0 Å². The summed E-state index contributed by atoms with van der Waals surface area (Å²) in [4.78, 5) is 4.35. The smallest absolute Gasteiger partial charge is 0.279 e. The highest BCUT2D eigenvalue weighted by Crippen LogP contribution is 2.20. The normalized spacial score (nSPS) is 16.6.